The Labute approximate surface area is 212 Å². The van der Waals surface area contributed by atoms with Gasteiger partial charge in [-0.05, 0) is 30.9 Å². The highest BCUT2D eigenvalue weighted by molar-refractivity contribution is 5.69. The molecule has 0 unspecified atom stereocenters. The van der Waals surface area contributed by atoms with Crippen molar-refractivity contribution in [3.05, 3.63) is 54.6 Å². The van der Waals surface area contributed by atoms with Crippen molar-refractivity contribution in [3.63, 3.8) is 0 Å². The van der Waals surface area contributed by atoms with E-state index in [1.165, 1.54) is 107 Å². The van der Waals surface area contributed by atoms with Gasteiger partial charge in [0.1, 0.15) is 0 Å². The lowest BCUT2D eigenvalue weighted by Gasteiger charge is -2.28. The van der Waals surface area contributed by atoms with Gasteiger partial charge in [0.05, 0.1) is 27.2 Å². The van der Waals surface area contributed by atoms with Gasteiger partial charge in [-0.3, -0.25) is 0 Å². The molecule has 2 heteroatoms. The first-order valence-corrected chi connectivity index (χ1v) is 14.1. The average molecular weight is 468 g/mol. The smallest absolute Gasteiger partial charge is 0.0782 e. The molecule has 0 aromatic heterocycles. The van der Waals surface area contributed by atoms with Gasteiger partial charge in [-0.15, -0.1) is 5.75 Å². The molecule has 2 nitrogen and oxygen atoms in total. The summed E-state index contributed by atoms with van der Waals surface area (Å²) in [5, 5.41) is 11.4. The first-order valence-electron chi connectivity index (χ1n) is 14.1. The van der Waals surface area contributed by atoms with Gasteiger partial charge in [0, 0.05) is 0 Å². The number of para-hydroxylation sites is 1. The maximum atomic E-state index is 11.4. The zero-order chi connectivity index (χ0) is 24.9. The summed E-state index contributed by atoms with van der Waals surface area (Å²) in [5.74, 6) is 0.0775. The van der Waals surface area contributed by atoms with Crippen molar-refractivity contribution >= 4 is 0 Å². The van der Waals surface area contributed by atoms with Gasteiger partial charge >= 0.3 is 0 Å². The van der Waals surface area contributed by atoms with Crippen LogP contribution in [0, 0.1) is 0 Å². The molecule has 2 aromatic rings. The van der Waals surface area contributed by atoms with Crippen LogP contribution in [0.1, 0.15) is 104 Å². The lowest BCUT2D eigenvalue weighted by molar-refractivity contribution is -0.888. The summed E-state index contributed by atoms with van der Waals surface area (Å²) in [5.41, 5.74) is 1.75. The Kier molecular flexibility index (Phi) is 17.3. The minimum absolute atomic E-state index is 0.0775. The topological polar surface area (TPSA) is 23.1 Å². The van der Waals surface area contributed by atoms with Crippen molar-refractivity contribution in [2.24, 2.45) is 0 Å². The van der Waals surface area contributed by atoms with E-state index in [0.717, 1.165) is 11.1 Å². The number of nitrogens with zero attached hydrogens (tertiary/aromatic N) is 1. The van der Waals surface area contributed by atoms with Crippen LogP contribution < -0.4 is 5.11 Å². The average Bonchev–Trinajstić information content (AvgIpc) is 2.85. The summed E-state index contributed by atoms with van der Waals surface area (Å²) in [7, 11) is 4.70. The molecule has 2 aromatic carbocycles. The molecule has 34 heavy (non-hydrogen) atoms. The van der Waals surface area contributed by atoms with Crippen molar-refractivity contribution < 1.29 is 9.59 Å². The lowest BCUT2D eigenvalue weighted by Crippen LogP contribution is -2.39. The SMILES string of the molecule is CCCCCCCCCCCCCCCC[N+](C)(C)CC.[O-]c1ccccc1-c1ccccc1. The molecular formula is C32H53NO. The maximum Gasteiger partial charge on any atom is 0.0782 e. The van der Waals surface area contributed by atoms with Crippen LogP contribution in [0.3, 0.4) is 0 Å². The third-order valence-electron chi connectivity index (χ3n) is 6.94. The summed E-state index contributed by atoms with van der Waals surface area (Å²) < 4.78 is 1.19. The number of hydrogen-bond acceptors (Lipinski definition) is 1. The van der Waals surface area contributed by atoms with Gasteiger partial charge in [-0.25, -0.2) is 0 Å². The minimum atomic E-state index is 0.0775. The molecule has 0 spiro atoms. The zero-order valence-electron chi connectivity index (χ0n) is 22.9. The molecule has 0 aliphatic carbocycles. The number of benzene rings is 2. The molecule has 0 saturated heterocycles. The van der Waals surface area contributed by atoms with Crippen LogP contribution >= 0.6 is 0 Å². The first-order chi connectivity index (χ1) is 16.5. The van der Waals surface area contributed by atoms with Crippen LogP contribution in [0.5, 0.6) is 5.75 Å². The van der Waals surface area contributed by atoms with Crippen molar-refractivity contribution in [3.8, 4) is 16.9 Å². The summed E-state index contributed by atoms with van der Waals surface area (Å²) in [4.78, 5) is 0. The Balaban J connectivity index is 0.000000375. The monoisotopic (exact) mass is 467 g/mol. The van der Waals surface area contributed by atoms with Gasteiger partial charge in [0.25, 0.3) is 0 Å². The van der Waals surface area contributed by atoms with Gasteiger partial charge < -0.3 is 9.59 Å². The Morgan fingerprint density at radius 1 is 0.559 bits per heavy atom. The Bertz CT molecular complexity index is 710. The quantitative estimate of drug-likeness (QED) is 0.168. The maximum absolute atomic E-state index is 11.4. The second-order valence-corrected chi connectivity index (χ2v) is 10.4. The molecule has 2 rings (SSSR count). The second-order valence-electron chi connectivity index (χ2n) is 10.4. The summed E-state index contributed by atoms with van der Waals surface area (Å²) >= 11 is 0. The molecule has 0 N–H and O–H groups in total. The number of quaternary nitrogens is 1. The predicted molar refractivity (Wildman–Crippen MR) is 149 cm³/mol. The van der Waals surface area contributed by atoms with Crippen molar-refractivity contribution in [2.75, 3.05) is 27.2 Å². The van der Waals surface area contributed by atoms with Crippen molar-refractivity contribution in [2.45, 2.75) is 104 Å². The third kappa shape index (κ3) is 15.2. The van der Waals surface area contributed by atoms with E-state index >= 15 is 0 Å². The molecule has 0 bridgehead atoms. The zero-order valence-corrected chi connectivity index (χ0v) is 22.9. The fraction of sp³-hybridized carbons (Fsp3) is 0.625. The van der Waals surface area contributed by atoms with E-state index in [0.29, 0.717) is 0 Å². The van der Waals surface area contributed by atoms with E-state index in [1.54, 1.807) is 12.1 Å². The summed E-state index contributed by atoms with van der Waals surface area (Å²) in [6, 6.07) is 16.8. The number of hydrogen-bond donors (Lipinski definition) is 0. The molecule has 0 amide bonds. The number of unbranched alkanes of at least 4 members (excludes halogenated alkanes) is 13. The normalized spacial score (nSPS) is 11.2. The minimum Gasteiger partial charge on any atom is -0.872 e. The largest absolute Gasteiger partial charge is 0.872 e. The van der Waals surface area contributed by atoms with Crippen LogP contribution in [0.4, 0.5) is 0 Å². The molecule has 0 heterocycles. The molecule has 0 fully saturated rings. The highest BCUT2D eigenvalue weighted by atomic mass is 16.3. The predicted octanol–water partition coefficient (Wildman–Crippen LogP) is 8.99. The van der Waals surface area contributed by atoms with E-state index in [9.17, 15) is 5.11 Å². The van der Waals surface area contributed by atoms with Gasteiger partial charge in [-0.1, -0.05) is 139 Å². The van der Waals surface area contributed by atoms with E-state index < -0.39 is 0 Å². The molecule has 0 saturated carbocycles. The van der Waals surface area contributed by atoms with Gasteiger partial charge in [0.2, 0.25) is 0 Å². The second kappa shape index (κ2) is 19.5. The van der Waals surface area contributed by atoms with Gasteiger partial charge in [-0.2, -0.15) is 0 Å². The van der Waals surface area contributed by atoms with Crippen LogP contribution in [0.25, 0.3) is 11.1 Å². The highest BCUT2D eigenvalue weighted by Crippen LogP contribution is 2.25. The van der Waals surface area contributed by atoms with Crippen LogP contribution in [-0.4, -0.2) is 31.7 Å². The first kappa shape index (κ1) is 30.2. The Morgan fingerprint density at radius 2 is 1.00 bits per heavy atom. The summed E-state index contributed by atoms with van der Waals surface area (Å²) in [6.07, 6.45) is 20.4. The van der Waals surface area contributed by atoms with Crippen molar-refractivity contribution in [1.29, 1.82) is 0 Å². The molecule has 0 aliphatic heterocycles. The standard InChI is InChI=1S/C20H44N.C12H10O/c1-5-7-8-9-10-11-12-13-14-15-16-17-18-19-20-21(3,4)6-2;13-12-9-5-4-8-11(12)10-6-2-1-3-7-10/h5-20H2,1-4H3;1-9,13H/q+1;/p-1. The van der Waals surface area contributed by atoms with Crippen LogP contribution in [-0.2, 0) is 0 Å². The summed E-state index contributed by atoms with van der Waals surface area (Å²) in [6.45, 7) is 7.21. The van der Waals surface area contributed by atoms with E-state index in [4.69, 9.17) is 0 Å². The van der Waals surface area contributed by atoms with E-state index in [-0.39, 0.29) is 5.75 Å². The molecule has 192 valence electrons. The van der Waals surface area contributed by atoms with Gasteiger partial charge in [0.15, 0.2) is 0 Å². The molecule has 0 atom stereocenters. The van der Waals surface area contributed by atoms with Crippen molar-refractivity contribution in [1.82, 2.24) is 0 Å². The molecule has 0 aliphatic rings. The van der Waals surface area contributed by atoms with Crippen LogP contribution in [0.2, 0.25) is 0 Å². The molecular weight excluding hydrogens is 414 g/mol. The molecule has 0 radical (unpaired) electrons. The fourth-order valence-electron chi connectivity index (χ4n) is 4.22. The third-order valence-corrected chi connectivity index (χ3v) is 6.94. The Morgan fingerprint density at radius 3 is 1.47 bits per heavy atom. The Hall–Kier alpha value is -1.80. The van der Waals surface area contributed by atoms with Crippen LogP contribution in [0.15, 0.2) is 54.6 Å². The fourth-order valence-corrected chi connectivity index (χ4v) is 4.22. The highest BCUT2D eigenvalue weighted by Gasteiger charge is 2.09. The lowest BCUT2D eigenvalue weighted by atomic mass is 10.0. The number of rotatable bonds is 17. The van der Waals surface area contributed by atoms with E-state index in [2.05, 4.69) is 27.9 Å². The van der Waals surface area contributed by atoms with E-state index in [1.807, 2.05) is 42.5 Å².